The first-order valence-corrected chi connectivity index (χ1v) is 5.56. The Labute approximate surface area is 100 Å². The maximum absolute atomic E-state index is 11.8. The van der Waals surface area contributed by atoms with Crippen LogP contribution in [0.15, 0.2) is 30.6 Å². The van der Waals surface area contributed by atoms with Crippen molar-refractivity contribution in [2.24, 2.45) is 5.73 Å². The Balaban J connectivity index is 2.78. The first kappa shape index (κ1) is 13.2. The number of esters is 1. The molecule has 0 aromatic carbocycles. The minimum atomic E-state index is -0.497. The normalized spacial score (nSPS) is 11.8. The summed E-state index contributed by atoms with van der Waals surface area (Å²) in [6.07, 6.45) is 4.04. The second-order valence-corrected chi connectivity index (χ2v) is 3.60. The number of nitrogens with zero attached hydrogens (tertiary/aromatic N) is 1. The van der Waals surface area contributed by atoms with E-state index in [0.717, 1.165) is 0 Å². The summed E-state index contributed by atoms with van der Waals surface area (Å²) in [6, 6.07) is 4.99. The van der Waals surface area contributed by atoms with E-state index < -0.39 is 11.9 Å². The zero-order valence-corrected chi connectivity index (χ0v) is 9.83. The van der Waals surface area contributed by atoms with E-state index in [1.54, 1.807) is 23.9 Å². The van der Waals surface area contributed by atoms with Gasteiger partial charge in [-0.1, -0.05) is 6.07 Å². The quantitative estimate of drug-likeness (QED) is 0.573. The lowest BCUT2D eigenvalue weighted by Gasteiger charge is -2.10. The van der Waals surface area contributed by atoms with Gasteiger partial charge in [-0.3, -0.25) is 4.79 Å². The SMILES string of the molecule is CCOC(=O)C(CCC(N)=O)[n+]1ccccc1. The standard InChI is InChI=1S/C12H16N2O3/c1-2-17-12(16)10(6-7-11(13)15)14-8-4-3-5-9-14/h3-5,8-10H,2,6-7H2,1H3,(H-,13,15)/p+1. The summed E-state index contributed by atoms with van der Waals surface area (Å²) in [6.45, 7) is 2.07. The maximum Gasteiger partial charge on any atom is 0.375 e. The number of hydrogen-bond acceptors (Lipinski definition) is 3. The van der Waals surface area contributed by atoms with Gasteiger partial charge in [0.15, 0.2) is 12.4 Å². The van der Waals surface area contributed by atoms with Crippen LogP contribution >= 0.6 is 0 Å². The number of nitrogens with two attached hydrogens (primary N) is 1. The first-order valence-electron chi connectivity index (χ1n) is 5.56. The lowest BCUT2D eigenvalue weighted by molar-refractivity contribution is -0.711. The molecule has 2 N–H and O–H groups in total. The van der Waals surface area contributed by atoms with Crippen LogP contribution in [0.2, 0.25) is 0 Å². The summed E-state index contributed by atoms with van der Waals surface area (Å²) in [5.74, 6) is -0.763. The molecule has 0 saturated heterocycles. The second kappa shape index (κ2) is 6.62. The topological polar surface area (TPSA) is 73.3 Å². The van der Waals surface area contributed by atoms with E-state index in [1.165, 1.54) is 0 Å². The summed E-state index contributed by atoms with van der Waals surface area (Å²) < 4.78 is 6.70. The molecule has 0 radical (unpaired) electrons. The van der Waals surface area contributed by atoms with Crippen molar-refractivity contribution in [3.63, 3.8) is 0 Å². The molecule has 0 aliphatic heterocycles. The molecule has 1 aromatic heterocycles. The molecule has 0 spiro atoms. The number of carbonyl (C=O) groups is 2. The highest BCUT2D eigenvalue weighted by Crippen LogP contribution is 2.08. The van der Waals surface area contributed by atoms with Crippen LogP contribution in [-0.4, -0.2) is 18.5 Å². The van der Waals surface area contributed by atoms with Crippen LogP contribution < -0.4 is 10.3 Å². The number of amides is 1. The van der Waals surface area contributed by atoms with Crippen LogP contribution in [0.1, 0.15) is 25.8 Å². The average molecular weight is 237 g/mol. The molecule has 1 atom stereocenters. The van der Waals surface area contributed by atoms with Crippen LogP contribution in [0.5, 0.6) is 0 Å². The van der Waals surface area contributed by atoms with Crippen molar-refractivity contribution in [1.82, 2.24) is 0 Å². The van der Waals surface area contributed by atoms with Crippen LogP contribution in [0.4, 0.5) is 0 Å². The fraction of sp³-hybridized carbons (Fsp3) is 0.417. The Morgan fingerprint density at radius 2 is 1.94 bits per heavy atom. The van der Waals surface area contributed by atoms with Gasteiger partial charge in [0.2, 0.25) is 5.91 Å². The molecule has 5 nitrogen and oxygen atoms in total. The van der Waals surface area contributed by atoms with E-state index in [2.05, 4.69) is 0 Å². The highest BCUT2D eigenvalue weighted by molar-refractivity contribution is 5.76. The summed E-state index contributed by atoms with van der Waals surface area (Å²) in [5.41, 5.74) is 5.09. The number of carbonyl (C=O) groups excluding carboxylic acids is 2. The van der Waals surface area contributed by atoms with Crippen molar-refractivity contribution in [3.05, 3.63) is 30.6 Å². The summed E-state index contributed by atoms with van der Waals surface area (Å²) >= 11 is 0. The van der Waals surface area contributed by atoms with Gasteiger partial charge in [0.05, 0.1) is 6.61 Å². The van der Waals surface area contributed by atoms with Crippen molar-refractivity contribution in [3.8, 4) is 0 Å². The third-order valence-corrected chi connectivity index (χ3v) is 2.32. The second-order valence-electron chi connectivity index (χ2n) is 3.60. The molecule has 0 fully saturated rings. The van der Waals surface area contributed by atoms with Gasteiger partial charge in [-0.05, 0) is 6.92 Å². The summed E-state index contributed by atoms with van der Waals surface area (Å²) in [4.78, 5) is 22.5. The van der Waals surface area contributed by atoms with E-state index in [9.17, 15) is 9.59 Å². The zero-order valence-electron chi connectivity index (χ0n) is 9.83. The van der Waals surface area contributed by atoms with Crippen molar-refractivity contribution in [2.75, 3.05) is 6.61 Å². The molecule has 1 aromatic rings. The summed E-state index contributed by atoms with van der Waals surface area (Å²) in [7, 11) is 0. The van der Waals surface area contributed by atoms with Crippen molar-refractivity contribution < 1.29 is 18.9 Å². The molecular formula is C12H17N2O3+. The number of ether oxygens (including phenoxy) is 1. The van der Waals surface area contributed by atoms with Crippen LogP contribution in [0.3, 0.4) is 0 Å². The zero-order chi connectivity index (χ0) is 12.7. The molecule has 1 heterocycles. The van der Waals surface area contributed by atoms with Crippen LogP contribution in [0, 0.1) is 0 Å². The Kier molecular flexibility index (Phi) is 5.13. The van der Waals surface area contributed by atoms with Gasteiger partial charge in [0.1, 0.15) is 0 Å². The largest absolute Gasteiger partial charge is 0.461 e. The highest BCUT2D eigenvalue weighted by atomic mass is 16.5. The van der Waals surface area contributed by atoms with Crippen LogP contribution in [-0.2, 0) is 14.3 Å². The molecule has 17 heavy (non-hydrogen) atoms. The third kappa shape index (κ3) is 4.22. The fourth-order valence-electron chi connectivity index (χ4n) is 1.53. The number of hydrogen-bond donors (Lipinski definition) is 1. The van der Waals surface area contributed by atoms with Crippen LogP contribution in [0.25, 0.3) is 0 Å². The Hall–Kier alpha value is -1.91. The number of primary amides is 1. The molecule has 1 amide bonds. The molecule has 5 heteroatoms. The molecule has 0 bridgehead atoms. The third-order valence-electron chi connectivity index (χ3n) is 2.32. The minimum absolute atomic E-state index is 0.158. The molecule has 92 valence electrons. The lowest BCUT2D eigenvalue weighted by Crippen LogP contribution is -2.44. The van der Waals surface area contributed by atoms with E-state index >= 15 is 0 Å². The number of rotatable bonds is 6. The van der Waals surface area contributed by atoms with E-state index in [0.29, 0.717) is 13.0 Å². The Bertz CT molecular complexity index is 379. The average Bonchev–Trinajstić information content (AvgIpc) is 2.30. The molecule has 0 aliphatic rings. The van der Waals surface area contributed by atoms with Gasteiger partial charge in [-0.25, -0.2) is 4.79 Å². The molecule has 1 unspecified atom stereocenters. The van der Waals surface area contributed by atoms with Gasteiger partial charge in [0.25, 0.3) is 6.04 Å². The van der Waals surface area contributed by atoms with Gasteiger partial charge >= 0.3 is 5.97 Å². The van der Waals surface area contributed by atoms with Crippen molar-refractivity contribution >= 4 is 11.9 Å². The molecule has 1 rings (SSSR count). The van der Waals surface area contributed by atoms with Gasteiger partial charge in [-0.15, -0.1) is 0 Å². The Morgan fingerprint density at radius 3 is 2.47 bits per heavy atom. The fourth-order valence-corrected chi connectivity index (χ4v) is 1.53. The number of pyridine rings is 1. The smallest absolute Gasteiger partial charge is 0.375 e. The van der Waals surface area contributed by atoms with Gasteiger partial charge < -0.3 is 10.5 Å². The number of aromatic nitrogens is 1. The monoisotopic (exact) mass is 237 g/mol. The van der Waals surface area contributed by atoms with Gasteiger partial charge in [0, 0.05) is 25.0 Å². The van der Waals surface area contributed by atoms with Crippen molar-refractivity contribution in [1.29, 1.82) is 0 Å². The minimum Gasteiger partial charge on any atom is -0.461 e. The predicted octanol–water partition coefficient (Wildman–Crippen LogP) is 0.344. The molecule has 0 aliphatic carbocycles. The Morgan fingerprint density at radius 1 is 1.29 bits per heavy atom. The molecule has 0 saturated carbocycles. The highest BCUT2D eigenvalue weighted by Gasteiger charge is 2.28. The van der Waals surface area contributed by atoms with E-state index in [-0.39, 0.29) is 12.4 Å². The first-order chi connectivity index (χ1) is 8.15. The lowest BCUT2D eigenvalue weighted by atomic mass is 10.1. The summed E-state index contributed by atoms with van der Waals surface area (Å²) in [5, 5.41) is 0. The van der Waals surface area contributed by atoms with E-state index in [4.69, 9.17) is 10.5 Å². The maximum atomic E-state index is 11.8. The van der Waals surface area contributed by atoms with E-state index in [1.807, 2.05) is 18.2 Å². The van der Waals surface area contributed by atoms with Gasteiger partial charge in [-0.2, -0.15) is 4.57 Å². The predicted molar refractivity (Wildman–Crippen MR) is 60.7 cm³/mol. The van der Waals surface area contributed by atoms with Crippen molar-refractivity contribution in [2.45, 2.75) is 25.8 Å². The molecular weight excluding hydrogens is 220 g/mol.